The van der Waals surface area contributed by atoms with Crippen molar-refractivity contribution in [3.05, 3.63) is 29.8 Å². The highest BCUT2D eigenvalue weighted by Gasteiger charge is 2.30. The van der Waals surface area contributed by atoms with Gasteiger partial charge < -0.3 is 15.0 Å². The fraction of sp³-hybridized carbons (Fsp3) is 0.588. The number of rotatable bonds is 3. The van der Waals surface area contributed by atoms with E-state index in [0.29, 0.717) is 11.8 Å². The number of nitrogens with zero attached hydrogens (tertiary/aromatic N) is 1. The molecule has 5 heteroatoms. The number of hydrogen-bond donors (Lipinski definition) is 1. The van der Waals surface area contributed by atoms with E-state index in [1.54, 1.807) is 7.11 Å². The zero-order chi connectivity index (χ0) is 14.7. The van der Waals surface area contributed by atoms with E-state index in [4.69, 9.17) is 4.74 Å². The van der Waals surface area contributed by atoms with Gasteiger partial charge in [-0.25, -0.2) is 0 Å². The van der Waals surface area contributed by atoms with E-state index in [2.05, 4.69) is 17.4 Å². The Kier molecular flexibility index (Phi) is 6.09. The maximum atomic E-state index is 12.4. The lowest BCUT2D eigenvalue weighted by molar-refractivity contribution is -0.134. The number of methoxy groups -OCH3 is 1. The van der Waals surface area contributed by atoms with Gasteiger partial charge in [0.05, 0.1) is 13.2 Å². The maximum absolute atomic E-state index is 12.4. The Morgan fingerprint density at radius 3 is 2.68 bits per heavy atom. The Morgan fingerprint density at radius 2 is 2.05 bits per heavy atom. The molecule has 1 amide bonds. The summed E-state index contributed by atoms with van der Waals surface area (Å²) >= 11 is 0. The van der Waals surface area contributed by atoms with Crippen LogP contribution in [0.2, 0.25) is 0 Å². The number of likely N-dealkylation sites (tertiary alicyclic amines) is 1. The van der Waals surface area contributed by atoms with Gasteiger partial charge in [0.15, 0.2) is 0 Å². The van der Waals surface area contributed by atoms with Crippen molar-refractivity contribution in [3.8, 4) is 5.75 Å². The van der Waals surface area contributed by atoms with Gasteiger partial charge in [0, 0.05) is 13.1 Å². The van der Waals surface area contributed by atoms with Gasteiger partial charge in [-0.3, -0.25) is 4.79 Å². The van der Waals surface area contributed by atoms with Crippen LogP contribution in [0, 0.1) is 0 Å². The molecule has 1 aromatic carbocycles. The molecule has 0 spiro atoms. The number of carbonyl (C=O) groups is 1. The second-order valence-corrected chi connectivity index (χ2v) is 6.03. The molecule has 0 radical (unpaired) electrons. The number of halogens is 1. The van der Waals surface area contributed by atoms with E-state index in [9.17, 15) is 4.79 Å². The zero-order valence-corrected chi connectivity index (χ0v) is 13.9. The van der Waals surface area contributed by atoms with Crippen LogP contribution >= 0.6 is 12.4 Å². The van der Waals surface area contributed by atoms with Gasteiger partial charge in [0.25, 0.3) is 0 Å². The third kappa shape index (κ3) is 3.73. The monoisotopic (exact) mass is 324 g/mol. The van der Waals surface area contributed by atoms with Crippen molar-refractivity contribution in [3.63, 3.8) is 0 Å². The van der Waals surface area contributed by atoms with Crippen molar-refractivity contribution in [1.82, 2.24) is 10.2 Å². The van der Waals surface area contributed by atoms with Crippen LogP contribution < -0.4 is 10.1 Å². The Morgan fingerprint density at radius 1 is 1.27 bits per heavy atom. The Balaban J connectivity index is 0.00000176. The van der Waals surface area contributed by atoms with Crippen LogP contribution in [-0.4, -0.2) is 43.6 Å². The van der Waals surface area contributed by atoms with E-state index < -0.39 is 0 Å². The molecule has 2 heterocycles. The number of benzene rings is 1. The quantitative estimate of drug-likeness (QED) is 0.929. The van der Waals surface area contributed by atoms with E-state index in [-0.39, 0.29) is 18.4 Å². The molecule has 4 nitrogen and oxygen atoms in total. The number of hydrogen-bond acceptors (Lipinski definition) is 3. The molecule has 1 unspecified atom stereocenters. The lowest BCUT2D eigenvalue weighted by Crippen LogP contribution is -2.46. The highest BCUT2D eigenvalue weighted by atomic mass is 35.5. The second kappa shape index (κ2) is 7.84. The average molecular weight is 325 g/mol. The maximum Gasteiger partial charge on any atom is 0.239 e. The molecule has 2 aliphatic rings. The summed E-state index contributed by atoms with van der Waals surface area (Å²) in [6.45, 7) is 2.73. The number of piperidine rings is 1. The van der Waals surface area contributed by atoms with Crippen LogP contribution in [0.4, 0.5) is 0 Å². The Labute approximate surface area is 138 Å². The van der Waals surface area contributed by atoms with Crippen molar-refractivity contribution in [2.75, 3.05) is 26.7 Å². The van der Waals surface area contributed by atoms with Gasteiger partial charge in [-0.1, -0.05) is 12.1 Å². The van der Waals surface area contributed by atoms with Gasteiger partial charge in [0.1, 0.15) is 5.75 Å². The molecule has 22 heavy (non-hydrogen) atoms. The molecule has 0 aromatic heterocycles. The van der Waals surface area contributed by atoms with Crippen molar-refractivity contribution in [2.24, 2.45) is 0 Å². The van der Waals surface area contributed by atoms with Crippen molar-refractivity contribution in [1.29, 1.82) is 0 Å². The summed E-state index contributed by atoms with van der Waals surface area (Å²) in [7, 11) is 1.70. The van der Waals surface area contributed by atoms with Crippen LogP contribution in [0.15, 0.2) is 24.3 Å². The van der Waals surface area contributed by atoms with Crippen molar-refractivity contribution in [2.45, 2.75) is 37.6 Å². The van der Waals surface area contributed by atoms with Crippen LogP contribution in [0.1, 0.15) is 37.2 Å². The topological polar surface area (TPSA) is 41.6 Å². The molecule has 0 saturated carbocycles. The highest BCUT2D eigenvalue weighted by molar-refractivity contribution is 5.85. The molecular weight excluding hydrogens is 300 g/mol. The predicted octanol–water partition coefficient (Wildman–Crippen LogP) is 2.58. The van der Waals surface area contributed by atoms with Crippen LogP contribution in [0.5, 0.6) is 5.75 Å². The summed E-state index contributed by atoms with van der Waals surface area (Å²) in [6, 6.07) is 8.39. The molecule has 2 fully saturated rings. The van der Waals surface area contributed by atoms with Crippen LogP contribution in [-0.2, 0) is 4.79 Å². The molecule has 1 aromatic rings. The third-order valence-electron chi connectivity index (χ3n) is 4.73. The normalized spacial score (nSPS) is 22.2. The molecular formula is C17H25ClN2O2. The summed E-state index contributed by atoms with van der Waals surface area (Å²) in [5.41, 5.74) is 1.33. The first-order valence-electron chi connectivity index (χ1n) is 7.94. The highest BCUT2D eigenvalue weighted by Crippen LogP contribution is 2.30. The Bertz CT molecular complexity index is 495. The van der Waals surface area contributed by atoms with Crippen molar-refractivity contribution >= 4 is 18.3 Å². The van der Waals surface area contributed by atoms with Gasteiger partial charge in [-0.15, -0.1) is 12.4 Å². The first-order valence-corrected chi connectivity index (χ1v) is 7.94. The Hall–Kier alpha value is -1.26. The summed E-state index contributed by atoms with van der Waals surface area (Å²) in [4.78, 5) is 14.4. The summed E-state index contributed by atoms with van der Waals surface area (Å²) in [5, 5.41) is 3.30. The standard InChI is InChI=1S/C17H24N2O2.ClH/c1-21-15-5-2-4-14(12-15)13-7-10-19(11-8-13)17(20)16-6-3-9-18-16;/h2,4-5,12-13,16,18H,3,6-11H2,1H3;1H. The predicted molar refractivity (Wildman–Crippen MR) is 89.8 cm³/mol. The minimum atomic E-state index is 0. The molecule has 0 aliphatic carbocycles. The fourth-order valence-corrected chi connectivity index (χ4v) is 3.44. The number of ether oxygens (including phenoxy) is 1. The zero-order valence-electron chi connectivity index (χ0n) is 13.1. The first kappa shape index (κ1) is 17.1. The molecule has 3 rings (SSSR count). The molecule has 2 saturated heterocycles. The van der Waals surface area contributed by atoms with E-state index in [1.165, 1.54) is 5.56 Å². The fourth-order valence-electron chi connectivity index (χ4n) is 3.44. The smallest absolute Gasteiger partial charge is 0.239 e. The molecule has 2 aliphatic heterocycles. The lowest BCUT2D eigenvalue weighted by atomic mass is 9.89. The average Bonchev–Trinajstić information content (AvgIpc) is 3.09. The van der Waals surface area contributed by atoms with Gasteiger partial charge in [-0.2, -0.15) is 0 Å². The number of amides is 1. The van der Waals surface area contributed by atoms with Crippen LogP contribution in [0.25, 0.3) is 0 Å². The van der Waals surface area contributed by atoms with Gasteiger partial charge in [0.2, 0.25) is 5.91 Å². The number of nitrogens with one attached hydrogen (secondary N) is 1. The summed E-state index contributed by atoms with van der Waals surface area (Å²) in [5.74, 6) is 1.76. The SMILES string of the molecule is COc1cccc(C2CCN(C(=O)C3CCCN3)CC2)c1.Cl. The minimum absolute atomic E-state index is 0. The molecule has 1 atom stereocenters. The second-order valence-electron chi connectivity index (χ2n) is 6.03. The molecule has 1 N–H and O–H groups in total. The minimum Gasteiger partial charge on any atom is -0.497 e. The lowest BCUT2D eigenvalue weighted by Gasteiger charge is -2.33. The summed E-state index contributed by atoms with van der Waals surface area (Å²) in [6.07, 6.45) is 4.21. The third-order valence-corrected chi connectivity index (χ3v) is 4.73. The van der Waals surface area contributed by atoms with Crippen molar-refractivity contribution < 1.29 is 9.53 Å². The van der Waals surface area contributed by atoms with E-state index in [1.807, 2.05) is 17.0 Å². The van der Waals surface area contributed by atoms with Gasteiger partial charge in [-0.05, 0) is 55.8 Å². The number of carbonyl (C=O) groups excluding carboxylic acids is 1. The summed E-state index contributed by atoms with van der Waals surface area (Å²) < 4.78 is 5.30. The molecule has 0 bridgehead atoms. The van der Waals surface area contributed by atoms with Crippen LogP contribution in [0.3, 0.4) is 0 Å². The largest absolute Gasteiger partial charge is 0.497 e. The van der Waals surface area contributed by atoms with E-state index >= 15 is 0 Å². The first-order chi connectivity index (χ1) is 10.3. The van der Waals surface area contributed by atoms with E-state index in [0.717, 1.165) is 51.1 Å². The molecule has 122 valence electrons. The van der Waals surface area contributed by atoms with Gasteiger partial charge >= 0.3 is 0 Å².